The van der Waals surface area contributed by atoms with Gasteiger partial charge in [-0.25, -0.2) is 0 Å². The molecule has 0 bridgehead atoms. The molecular formula is C14H17N3O5S. The molecule has 2 aliphatic rings. The minimum Gasteiger partial charge on any atom is -0.368 e. The second kappa shape index (κ2) is 6.63. The average molecular weight is 339 g/mol. The fraction of sp³-hybridized carbons (Fsp3) is 0.571. The van der Waals surface area contributed by atoms with Gasteiger partial charge in [0, 0.05) is 38.9 Å². The SMILES string of the molecule is O=C(c1ccc([N+](=O)[O-])s1)N1CCN(C(=O)[C@H]2CCCO2)CC1. The van der Waals surface area contributed by atoms with Gasteiger partial charge in [-0.1, -0.05) is 11.3 Å². The van der Waals surface area contributed by atoms with Crippen LogP contribution in [0.5, 0.6) is 0 Å². The lowest BCUT2D eigenvalue weighted by molar-refractivity contribution is -0.380. The van der Waals surface area contributed by atoms with Gasteiger partial charge in [0.05, 0.1) is 9.80 Å². The Morgan fingerprint density at radius 2 is 1.91 bits per heavy atom. The van der Waals surface area contributed by atoms with Crippen molar-refractivity contribution in [2.24, 2.45) is 0 Å². The Hall–Kier alpha value is -2.00. The van der Waals surface area contributed by atoms with Gasteiger partial charge in [0.15, 0.2) is 0 Å². The predicted octanol–water partition coefficient (Wildman–Crippen LogP) is 1.12. The van der Waals surface area contributed by atoms with Gasteiger partial charge < -0.3 is 14.5 Å². The first-order chi connectivity index (χ1) is 11.1. The third kappa shape index (κ3) is 3.35. The molecule has 23 heavy (non-hydrogen) atoms. The molecular weight excluding hydrogens is 322 g/mol. The number of hydrogen-bond acceptors (Lipinski definition) is 6. The molecule has 0 aliphatic carbocycles. The Labute approximate surface area is 136 Å². The van der Waals surface area contributed by atoms with Crippen LogP contribution in [-0.2, 0) is 9.53 Å². The Morgan fingerprint density at radius 1 is 1.22 bits per heavy atom. The second-order valence-electron chi connectivity index (χ2n) is 5.51. The molecule has 9 heteroatoms. The summed E-state index contributed by atoms with van der Waals surface area (Å²) in [6.07, 6.45) is 1.33. The summed E-state index contributed by atoms with van der Waals surface area (Å²) < 4.78 is 5.40. The number of nitro groups is 1. The number of amides is 2. The molecule has 2 saturated heterocycles. The molecule has 0 aromatic carbocycles. The minimum atomic E-state index is -0.500. The molecule has 124 valence electrons. The molecule has 1 aromatic heterocycles. The van der Waals surface area contributed by atoms with Gasteiger partial charge in [-0.15, -0.1) is 0 Å². The maximum absolute atomic E-state index is 12.4. The number of rotatable bonds is 3. The highest BCUT2D eigenvalue weighted by Gasteiger charge is 2.32. The van der Waals surface area contributed by atoms with Gasteiger partial charge in [0.1, 0.15) is 6.10 Å². The third-order valence-corrected chi connectivity index (χ3v) is 5.09. The highest BCUT2D eigenvalue weighted by atomic mass is 32.1. The van der Waals surface area contributed by atoms with E-state index >= 15 is 0 Å². The van der Waals surface area contributed by atoms with Gasteiger partial charge in [0.25, 0.3) is 11.8 Å². The van der Waals surface area contributed by atoms with Crippen LogP contribution >= 0.6 is 11.3 Å². The quantitative estimate of drug-likeness (QED) is 0.608. The number of piperazine rings is 1. The van der Waals surface area contributed by atoms with Crippen LogP contribution in [0.25, 0.3) is 0 Å². The van der Waals surface area contributed by atoms with Crippen LogP contribution in [0.4, 0.5) is 5.00 Å². The Balaban J connectivity index is 1.56. The number of nitrogens with zero attached hydrogens (tertiary/aromatic N) is 3. The van der Waals surface area contributed by atoms with E-state index in [9.17, 15) is 19.7 Å². The largest absolute Gasteiger partial charge is 0.368 e. The summed E-state index contributed by atoms with van der Waals surface area (Å²) in [5.74, 6) is -0.214. The van der Waals surface area contributed by atoms with Gasteiger partial charge >= 0.3 is 5.00 Å². The molecule has 8 nitrogen and oxygen atoms in total. The molecule has 1 aromatic rings. The van der Waals surface area contributed by atoms with E-state index < -0.39 is 4.92 Å². The first-order valence-electron chi connectivity index (χ1n) is 7.50. The second-order valence-corrected chi connectivity index (χ2v) is 6.58. The van der Waals surface area contributed by atoms with Gasteiger partial charge in [-0.3, -0.25) is 19.7 Å². The summed E-state index contributed by atoms with van der Waals surface area (Å²) in [5, 5.41) is 10.7. The van der Waals surface area contributed by atoms with Crippen molar-refractivity contribution in [3.8, 4) is 0 Å². The molecule has 3 rings (SSSR count). The first kappa shape index (κ1) is 15.9. The van der Waals surface area contributed by atoms with Crippen LogP contribution in [0.3, 0.4) is 0 Å². The molecule has 0 spiro atoms. The van der Waals surface area contributed by atoms with E-state index in [2.05, 4.69) is 0 Å². The van der Waals surface area contributed by atoms with E-state index in [-0.39, 0.29) is 22.9 Å². The van der Waals surface area contributed by atoms with E-state index in [0.717, 1.165) is 24.2 Å². The summed E-state index contributed by atoms with van der Waals surface area (Å²) in [7, 11) is 0. The molecule has 0 N–H and O–H groups in total. The fourth-order valence-electron chi connectivity index (χ4n) is 2.80. The average Bonchev–Trinajstić information content (AvgIpc) is 3.25. The summed E-state index contributed by atoms with van der Waals surface area (Å²) in [6, 6.07) is 2.82. The fourth-order valence-corrected chi connectivity index (χ4v) is 3.59. The summed E-state index contributed by atoms with van der Waals surface area (Å²) >= 11 is 0.879. The van der Waals surface area contributed by atoms with Crippen molar-refractivity contribution >= 4 is 28.2 Å². The van der Waals surface area contributed by atoms with Crippen LogP contribution in [0.15, 0.2) is 12.1 Å². The standard InChI is InChI=1S/C14H17N3O5S/c18-13(10-2-1-9-22-10)15-5-7-16(8-6-15)14(19)11-3-4-12(23-11)17(20)21/h3-4,10H,1-2,5-9H2/t10-/m1/s1. The number of ether oxygens (including phenoxy) is 1. The van der Waals surface area contributed by atoms with Crippen molar-refractivity contribution in [1.29, 1.82) is 0 Å². The highest BCUT2D eigenvalue weighted by Crippen LogP contribution is 2.25. The van der Waals surface area contributed by atoms with Gasteiger partial charge in [-0.2, -0.15) is 0 Å². The van der Waals surface area contributed by atoms with Crippen LogP contribution in [0.1, 0.15) is 22.5 Å². The van der Waals surface area contributed by atoms with Crippen molar-refractivity contribution < 1.29 is 19.2 Å². The van der Waals surface area contributed by atoms with Crippen molar-refractivity contribution in [2.45, 2.75) is 18.9 Å². The van der Waals surface area contributed by atoms with Crippen LogP contribution in [0.2, 0.25) is 0 Å². The predicted molar refractivity (Wildman–Crippen MR) is 82.4 cm³/mol. The number of hydrogen-bond donors (Lipinski definition) is 0. The number of carbonyl (C=O) groups is 2. The van der Waals surface area contributed by atoms with Gasteiger partial charge in [0.2, 0.25) is 0 Å². The van der Waals surface area contributed by atoms with Crippen LogP contribution in [0, 0.1) is 10.1 Å². The zero-order valence-corrected chi connectivity index (χ0v) is 13.3. The zero-order chi connectivity index (χ0) is 16.4. The van der Waals surface area contributed by atoms with E-state index in [1.807, 2.05) is 0 Å². The Kier molecular flexibility index (Phi) is 4.58. The summed E-state index contributed by atoms with van der Waals surface area (Å²) in [4.78, 5) is 38.5. The van der Waals surface area contributed by atoms with Crippen LogP contribution in [-0.4, -0.2) is 65.4 Å². The molecule has 2 aliphatic heterocycles. The molecule has 0 radical (unpaired) electrons. The summed E-state index contributed by atoms with van der Waals surface area (Å²) in [6.45, 7) is 2.44. The molecule has 0 saturated carbocycles. The van der Waals surface area contributed by atoms with E-state index in [1.54, 1.807) is 9.80 Å². The molecule has 1 atom stereocenters. The summed E-state index contributed by atoms with van der Waals surface area (Å²) in [5.41, 5.74) is 0. The van der Waals surface area contributed by atoms with Crippen molar-refractivity contribution in [2.75, 3.05) is 32.8 Å². The number of thiophene rings is 1. The maximum Gasteiger partial charge on any atom is 0.324 e. The monoisotopic (exact) mass is 339 g/mol. The first-order valence-corrected chi connectivity index (χ1v) is 8.32. The lowest BCUT2D eigenvalue weighted by atomic mass is 10.2. The maximum atomic E-state index is 12.4. The van der Waals surface area contributed by atoms with E-state index in [0.29, 0.717) is 37.7 Å². The van der Waals surface area contributed by atoms with Gasteiger partial charge in [-0.05, 0) is 18.9 Å². The molecule has 2 amide bonds. The van der Waals surface area contributed by atoms with E-state index in [1.165, 1.54) is 12.1 Å². The Morgan fingerprint density at radius 3 is 2.48 bits per heavy atom. The van der Waals surface area contributed by atoms with Crippen molar-refractivity contribution in [3.63, 3.8) is 0 Å². The van der Waals surface area contributed by atoms with Crippen molar-refractivity contribution in [1.82, 2.24) is 9.80 Å². The molecule has 0 unspecified atom stereocenters. The lowest BCUT2D eigenvalue weighted by Crippen LogP contribution is -2.52. The Bertz CT molecular complexity index is 618. The normalized spacial score (nSPS) is 21.5. The van der Waals surface area contributed by atoms with Crippen molar-refractivity contribution in [3.05, 3.63) is 27.1 Å². The number of carbonyl (C=O) groups excluding carboxylic acids is 2. The van der Waals surface area contributed by atoms with Crippen LogP contribution < -0.4 is 0 Å². The topological polar surface area (TPSA) is 93.0 Å². The smallest absolute Gasteiger partial charge is 0.324 e. The zero-order valence-electron chi connectivity index (χ0n) is 12.5. The minimum absolute atomic E-state index is 0.00126. The molecule has 3 heterocycles. The van der Waals surface area contributed by atoms with E-state index in [4.69, 9.17) is 4.74 Å². The molecule has 2 fully saturated rings. The third-order valence-electron chi connectivity index (χ3n) is 4.07. The lowest BCUT2D eigenvalue weighted by Gasteiger charge is -2.35. The highest BCUT2D eigenvalue weighted by molar-refractivity contribution is 7.17.